The smallest absolute Gasteiger partial charge is 0.259 e. The molecular formula is C19H21N3O4S. The number of pyridine rings is 1. The SMILES string of the molecule is CC(C)CC1C(=O)Nc2cc(S(C)(=O)=O)ccc2N1C(=O)c1ccncc1. The number of rotatable bonds is 4. The van der Waals surface area contributed by atoms with Crippen LogP contribution in [0.4, 0.5) is 11.4 Å². The normalized spacial score (nSPS) is 16.8. The molecule has 0 spiro atoms. The van der Waals surface area contributed by atoms with E-state index in [0.717, 1.165) is 6.26 Å². The molecule has 0 saturated carbocycles. The zero-order valence-corrected chi connectivity index (χ0v) is 16.2. The van der Waals surface area contributed by atoms with Gasteiger partial charge in [-0.15, -0.1) is 0 Å². The summed E-state index contributed by atoms with van der Waals surface area (Å²) in [5.74, 6) is -0.471. The molecule has 3 rings (SSSR count). The van der Waals surface area contributed by atoms with E-state index in [1.165, 1.54) is 29.4 Å². The Bertz CT molecular complexity index is 987. The summed E-state index contributed by atoms with van der Waals surface area (Å²) in [5.41, 5.74) is 1.20. The number of nitrogens with zero attached hydrogens (tertiary/aromatic N) is 2. The lowest BCUT2D eigenvalue weighted by Gasteiger charge is -2.37. The molecule has 1 aliphatic heterocycles. The molecule has 7 nitrogen and oxygen atoms in total. The number of amides is 2. The van der Waals surface area contributed by atoms with Crippen molar-refractivity contribution in [3.63, 3.8) is 0 Å². The number of carbonyl (C=O) groups excluding carboxylic acids is 2. The fourth-order valence-corrected chi connectivity index (χ4v) is 3.75. The summed E-state index contributed by atoms with van der Waals surface area (Å²) in [6.45, 7) is 3.95. The minimum atomic E-state index is -3.44. The van der Waals surface area contributed by atoms with Crippen LogP contribution in [0.1, 0.15) is 30.6 Å². The standard InChI is InChI=1S/C19H21N3O4S/c1-12(2)10-17-18(23)21-15-11-14(27(3,25)26)4-5-16(15)22(17)19(24)13-6-8-20-9-7-13/h4-9,11-12,17H,10H2,1-3H3,(H,21,23). The molecular weight excluding hydrogens is 366 g/mol. The fraction of sp³-hybridized carbons (Fsp3) is 0.316. The third-order valence-electron chi connectivity index (χ3n) is 4.37. The molecule has 0 fully saturated rings. The number of sulfone groups is 1. The van der Waals surface area contributed by atoms with Crippen molar-refractivity contribution in [3.05, 3.63) is 48.3 Å². The Morgan fingerprint density at radius 1 is 1.22 bits per heavy atom. The second-order valence-corrected chi connectivity index (χ2v) is 9.01. The van der Waals surface area contributed by atoms with Crippen molar-refractivity contribution in [2.75, 3.05) is 16.5 Å². The molecule has 0 radical (unpaired) electrons. The maximum absolute atomic E-state index is 13.2. The molecule has 1 aromatic heterocycles. The molecule has 0 aliphatic carbocycles. The van der Waals surface area contributed by atoms with Gasteiger partial charge >= 0.3 is 0 Å². The number of benzene rings is 1. The van der Waals surface area contributed by atoms with Gasteiger partial charge in [0, 0.05) is 24.2 Å². The highest BCUT2D eigenvalue weighted by molar-refractivity contribution is 7.90. The van der Waals surface area contributed by atoms with Crippen molar-refractivity contribution < 1.29 is 18.0 Å². The Balaban J connectivity index is 2.14. The Kier molecular flexibility index (Phi) is 5.01. The second-order valence-electron chi connectivity index (χ2n) is 7.00. The first-order chi connectivity index (χ1) is 12.7. The highest BCUT2D eigenvalue weighted by Crippen LogP contribution is 2.36. The third kappa shape index (κ3) is 3.85. The molecule has 1 aliphatic rings. The quantitative estimate of drug-likeness (QED) is 0.869. The first kappa shape index (κ1) is 19.0. The van der Waals surface area contributed by atoms with E-state index in [4.69, 9.17) is 0 Å². The summed E-state index contributed by atoms with van der Waals surface area (Å²) in [6.07, 6.45) is 4.61. The largest absolute Gasteiger partial charge is 0.322 e. The van der Waals surface area contributed by atoms with Crippen LogP contribution in [0, 0.1) is 5.92 Å². The van der Waals surface area contributed by atoms with Gasteiger partial charge in [0.2, 0.25) is 5.91 Å². The molecule has 1 N–H and O–H groups in total. The van der Waals surface area contributed by atoms with Gasteiger partial charge in [-0.2, -0.15) is 0 Å². The van der Waals surface area contributed by atoms with Crippen molar-refractivity contribution >= 4 is 33.0 Å². The van der Waals surface area contributed by atoms with E-state index in [2.05, 4.69) is 10.3 Å². The van der Waals surface area contributed by atoms with E-state index in [0.29, 0.717) is 23.4 Å². The van der Waals surface area contributed by atoms with Gasteiger partial charge in [-0.25, -0.2) is 8.42 Å². The molecule has 0 bridgehead atoms. The number of fused-ring (bicyclic) bond motifs is 1. The summed E-state index contributed by atoms with van der Waals surface area (Å²) < 4.78 is 23.7. The van der Waals surface area contributed by atoms with Gasteiger partial charge in [-0.1, -0.05) is 13.8 Å². The highest BCUT2D eigenvalue weighted by atomic mass is 32.2. The molecule has 2 aromatic rings. The van der Waals surface area contributed by atoms with Crippen LogP contribution in [0.5, 0.6) is 0 Å². The molecule has 1 atom stereocenters. The summed E-state index contributed by atoms with van der Waals surface area (Å²) >= 11 is 0. The van der Waals surface area contributed by atoms with Crippen molar-refractivity contribution in [1.82, 2.24) is 4.98 Å². The number of anilines is 2. The number of nitrogens with one attached hydrogen (secondary N) is 1. The monoisotopic (exact) mass is 387 g/mol. The molecule has 0 saturated heterocycles. The van der Waals surface area contributed by atoms with Crippen molar-refractivity contribution in [1.29, 1.82) is 0 Å². The maximum atomic E-state index is 13.2. The van der Waals surface area contributed by atoms with Gasteiger partial charge in [-0.3, -0.25) is 19.5 Å². The predicted octanol–water partition coefficient (Wildman–Crippen LogP) is 2.50. The van der Waals surface area contributed by atoms with Gasteiger partial charge in [-0.05, 0) is 42.7 Å². The average Bonchev–Trinajstić information content (AvgIpc) is 2.61. The minimum absolute atomic E-state index is 0.0835. The summed E-state index contributed by atoms with van der Waals surface area (Å²) in [4.78, 5) is 31.4. The zero-order chi connectivity index (χ0) is 19.8. The fourth-order valence-electron chi connectivity index (χ4n) is 3.10. The first-order valence-electron chi connectivity index (χ1n) is 8.57. The lowest BCUT2D eigenvalue weighted by Crippen LogP contribution is -2.51. The van der Waals surface area contributed by atoms with E-state index >= 15 is 0 Å². The van der Waals surface area contributed by atoms with Crippen molar-refractivity contribution in [2.45, 2.75) is 31.2 Å². The molecule has 1 aromatic carbocycles. The Hall–Kier alpha value is -2.74. The van der Waals surface area contributed by atoms with Crippen LogP contribution in [0.25, 0.3) is 0 Å². The van der Waals surface area contributed by atoms with E-state index in [9.17, 15) is 18.0 Å². The van der Waals surface area contributed by atoms with Crippen molar-refractivity contribution in [2.24, 2.45) is 5.92 Å². The molecule has 1 unspecified atom stereocenters. The van der Waals surface area contributed by atoms with Gasteiger partial charge in [0.05, 0.1) is 16.3 Å². The van der Waals surface area contributed by atoms with Crippen LogP contribution in [0.3, 0.4) is 0 Å². The Morgan fingerprint density at radius 2 is 1.89 bits per heavy atom. The zero-order valence-electron chi connectivity index (χ0n) is 15.3. The third-order valence-corrected chi connectivity index (χ3v) is 5.48. The molecule has 27 heavy (non-hydrogen) atoms. The summed E-state index contributed by atoms with van der Waals surface area (Å²) in [6, 6.07) is 6.91. The van der Waals surface area contributed by atoms with Crippen LogP contribution >= 0.6 is 0 Å². The van der Waals surface area contributed by atoms with Gasteiger partial charge < -0.3 is 5.32 Å². The first-order valence-corrected chi connectivity index (χ1v) is 10.5. The summed E-state index contributed by atoms with van der Waals surface area (Å²) in [7, 11) is -3.44. The van der Waals surface area contributed by atoms with Crippen LogP contribution in [0.2, 0.25) is 0 Å². The molecule has 2 amide bonds. The lowest BCUT2D eigenvalue weighted by molar-refractivity contribution is -0.117. The molecule has 2 heterocycles. The van der Waals surface area contributed by atoms with Gasteiger partial charge in [0.25, 0.3) is 5.91 Å². The lowest BCUT2D eigenvalue weighted by atomic mass is 9.97. The Morgan fingerprint density at radius 3 is 2.48 bits per heavy atom. The number of aromatic nitrogens is 1. The van der Waals surface area contributed by atoms with E-state index in [1.54, 1.807) is 18.2 Å². The van der Waals surface area contributed by atoms with Crippen LogP contribution in [-0.2, 0) is 14.6 Å². The van der Waals surface area contributed by atoms with Gasteiger partial charge in [0.1, 0.15) is 6.04 Å². The Labute approximate surface area is 158 Å². The minimum Gasteiger partial charge on any atom is -0.322 e. The number of hydrogen-bond acceptors (Lipinski definition) is 5. The van der Waals surface area contributed by atoms with Crippen LogP contribution in [-0.4, -0.2) is 37.5 Å². The topological polar surface area (TPSA) is 96.4 Å². The van der Waals surface area contributed by atoms with E-state index in [1.807, 2.05) is 13.8 Å². The van der Waals surface area contributed by atoms with Gasteiger partial charge in [0.15, 0.2) is 9.84 Å². The predicted molar refractivity (Wildman–Crippen MR) is 102 cm³/mol. The second kappa shape index (κ2) is 7.11. The van der Waals surface area contributed by atoms with E-state index < -0.39 is 15.9 Å². The number of carbonyl (C=O) groups is 2. The number of hydrogen-bond donors (Lipinski definition) is 1. The average molecular weight is 387 g/mol. The van der Waals surface area contributed by atoms with E-state index in [-0.39, 0.29) is 22.6 Å². The van der Waals surface area contributed by atoms with Crippen LogP contribution in [0.15, 0.2) is 47.6 Å². The molecule has 142 valence electrons. The highest BCUT2D eigenvalue weighted by Gasteiger charge is 2.38. The van der Waals surface area contributed by atoms with Crippen molar-refractivity contribution in [3.8, 4) is 0 Å². The summed E-state index contributed by atoms with van der Waals surface area (Å²) in [5, 5.41) is 2.75. The maximum Gasteiger partial charge on any atom is 0.259 e. The van der Waals surface area contributed by atoms with Crippen LogP contribution < -0.4 is 10.2 Å². The molecule has 8 heteroatoms.